The van der Waals surface area contributed by atoms with Crippen LogP contribution >= 0.6 is 0 Å². The molecule has 2 heteroatoms. The average Bonchev–Trinajstić information content (AvgIpc) is 2.65. The van der Waals surface area contributed by atoms with Gasteiger partial charge in [0.05, 0.1) is 6.61 Å². The number of unbranched alkanes of at least 4 members (excludes halogenated alkanes) is 9. The second-order valence-electron chi connectivity index (χ2n) is 8.60. The number of hydrogen-bond donors (Lipinski definition) is 0. The van der Waals surface area contributed by atoms with E-state index in [9.17, 15) is 4.79 Å². The number of ether oxygens (including phenoxy) is 1. The van der Waals surface area contributed by atoms with Gasteiger partial charge in [0.15, 0.2) is 0 Å². The van der Waals surface area contributed by atoms with Crippen LogP contribution in [0.25, 0.3) is 0 Å². The van der Waals surface area contributed by atoms with E-state index in [1.165, 1.54) is 69.8 Å². The molecule has 0 saturated carbocycles. The normalized spacial score (nSPS) is 12.3. The zero-order valence-electron chi connectivity index (χ0n) is 19.4. The van der Waals surface area contributed by atoms with Gasteiger partial charge in [-0.2, -0.15) is 0 Å². The van der Waals surface area contributed by atoms with Crippen LogP contribution in [-0.4, -0.2) is 12.6 Å². The standard InChI is InChI=1S/C26H48O2/c1-5-6-7-8-9-10-11-12-13-14-15-16-17-21-26(27)28-23-22-25(4)20-18-19-24(2)3/h10-11,19,25H,5-9,12-18,20-23H2,1-4H3/b11-10-. The first kappa shape index (κ1) is 27.0. The van der Waals surface area contributed by atoms with Crippen LogP contribution in [0.4, 0.5) is 0 Å². The first-order chi connectivity index (χ1) is 13.6. The van der Waals surface area contributed by atoms with Gasteiger partial charge in [-0.15, -0.1) is 0 Å². The number of allylic oxidation sites excluding steroid dienone is 4. The van der Waals surface area contributed by atoms with E-state index < -0.39 is 0 Å². The molecule has 0 aliphatic rings. The molecule has 0 fully saturated rings. The smallest absolute Gasteiger partial charge is 0.305 e. The molecule has 0 aromatic heterocycles. The van der Waals surface area contributed by atoms with Gasteiger partial charge < -0.3 is 4.74 Å². The molecule has 0 N–H and O–H groups in total. The highest BCUT2D eigenvalue weighted by Gasteiger charge is 2.05. The van der Waals surface area contributed by atoms with Crippen molar-refractivity contribution in [2.45, 2.75) is 124 Å². The summed E-state index contributed by atoms with van der Waals surface area (Å²) in [5.41, 5.74) is 1.38. The van der Waals surface area contributed by atoms with Crippen molar-refractivity contribution in [1.82, 2.24) is 0 Å². The minimum Gasteiger partial charge on any atom is -0.466 e. The van der Waals surface area contributed by atoms with Crippen molar-refractivity contribution in [3.05, 3.63) is 23.8 Å². The Labute approximate surface area is 176 Å². The minimum absolute atomic E-state index is 0.0116. The van der Waals surface area contributed by atoms with Crippen LogP contribution in [0.2, 0.25) is 0 Å². The number of esters is 1. The van der Waals surface area contributed by atoms with Crippen LogP contribution in [0.5, 0.6) is 0 Å². The van der Waals surface area contributed by atoms with Crippen LogP contribution in [0.15, 0.2) is 23.8 Å². The quantitative estimate of drug-likeness (QED) is 0.125. The highest BCUT2D eigenvalue weighted by molar-refractivity contribution is 5.69. The maximum absolute atomic E-state index is 11.8. The van der Waals surface area contributed by atoms with Gasteiger partial charge in [-0.25, -0.2) is 0 Å². The van der Waals surface area contributed by atoms with Gasteiger partial charge in [-0.1, -0.05) is 76.2 Å². The molecule has 0 aromatic rings. The largest absolute Gasteiger partial charge is 0.466 e. The van der Waals surface area contributed by atoms with E-state index >= 15 is 0 Å². The van der Waals surface area contributed by atoms with Gasteiger partial charge in [0.25, 0.3) is 0 Å². The molecule has 0 heterocycles. The molecule has 0 saturated heterocycles. The van der Waals surface area contributed by atoms with Crippen molar-refractivity contribution in [3.8, 4) is 0 Å². The second kappa shape index (κ2) is 20.7. The van der Waals surface area contributed by atoms with E-state index in [1.54, 1.807) is 0 Å². The summed E-state index contributed by atoms with van der Waals surface area (Å²) in [7, 11) is 0. The molecule has 0 spiro atoms. The van der Waals surface area contributed by atoms with Gasteiger partial charge in [0, 0.05) is 6.42 Å². The summed E-state index contributed by atoms with van der Waals surface area (Å²) in [6, 6.07) is 0. The van der Waals surface area contributed by atoms with Crippen molar-refractivity contribution in [2.75, 3.05) is 6.61 Å². The molecule has 28 heavy (non-hydrogen) atoms. The van der Waals surface area contributed by atoms with Crippen molar-refractivity contribution in [2.24, 2.45) is 5.92 Å². The Kier molecular flexibility index (Phi) is 19.9. The van der Waals surface area contributed by atoms with Gasteiger partial charge in [0.2, 0.25) is 0 Å². The van der Waals surface area contributed by atoms with Gasteiger partial charge in [-0.05, 0) is 71.1 Å². The molecule has 0 aliphatic heterocycles. The van der Waals surface area contributed by atoms with Gasteiger partial charge >= 0.3 is 5.97 Å². The molecular formula is C26H48O2. The lowest BCUT2D eigenvalue weighted by Crippen LogP contribution is -2.08. The summed E-state index contributed by atoms with van der Waals surface area (Å²) < 4.78 is 5.38. The maximum Gasteiger partial charge on any atom is 0.305 e. The third-order valence-electron chi connectivity index (χ3n) is 5.23. The summed E-state index contributed by atoms with van der Waals surface area (Å²) in [4.78, 5) is 11.8. The van der Waals surface area contributed by atoms with Gasteiger partial charge in [0.1, 0.15) is 0 Å². The molecule has 0 aromatic carbocycles. The van der Waals surface area contributed by atoms with Crippen LogP contribution in [-0.2, 0) is 9.53 Å². The van der Waals surface area contributed by atoms with Crippen molar-refractivity contribution in [3.63, 3.8) is 0 Å². The second-order valence-corrected chi connectivity index (χ2v) is 8.60. The Balaban J connectivity index is 3.37. The first-order valence-corrected chi connectivity index (χ1v) is 12.0. The summed E-state index contributed by atoms with van der Waals surface area (Å²) >= 11 is 0. The van der Waals surface area contributed by atoms with Crippen LogP contribution in [0.1, 0.15) is 124 Å². The minimum atomic E-state index is -0.0116. The molecule has 0 rings (SSSR count). The maximum atomic E-state index is 11.8. The number of rotatable bonds is 19. The first-order valence-electron chi connectivity index (χ1n) is 12.0. The third-order valence-corrected chi connectivity index (χ3v) is 5.23. The Morgan fingerprint density at radius 3 is 2.07 bits per heavy atom. The monoisotopic (exact) mass is 392 g/mol. The van der Waals surface area contributed by atoms with Crippen molar-refractivity contribution < 1.29 is 9.53 Å². The van der Waals surface area contributed by atoms with E-state index in [4.69, 9.17) is 4.74 Å². The topological polar surface area (TPSA) is 26.3 Å². The summed E-state index contributed by atoms with van der Waals surface area (Å²) in [6.07, 6.45) is 24.6. The summed E-state index contributed by atoms with van der Waals surface area (Å²) in [6.45, 7) is 9.36. The van der Waals surface area contributed by atoms with Gasteiger partial charge in [-0.3, -0.25) is 4.79 Å². The Bertz CT molecular complexity index is 405. The highest BCUT2D eigenvalue weighted by atomic mass is 16.5. The number of hydrogen-bond acceptors (Lipinski definition) is 2. The van der Waals surface area contributed by atoms with E-state index in [-0.39, 0.29) is 5.97 Å². The van der Waals surface area contributed by atoms with E-state index in [0.717, 1.165) is 25.7 Å². The molecule has 0 aliphatic carbocycles. The van der Waals surface area contributed by atoms with E-state index in [2.05, 4.69) is 45.9 Å². The van der Waals surface area contributed by atoms with Crippen molar-refractivity contribution >= 4 is 5.97 Å². The Hall–Kier alpha value is -1.05. The fraction of sp³-hybridized carbons (Fsp3) is 0.808. The lowest BCUT2D eigenvalue weighted by atomic mass is 10.0. The molecule has 2 nitrogen and oxygen atoms in total. The lowest BCUT2D eigenvalue weighted by molar-refractivity contribution is -0.144. The molecule has 1 atom stereocenters. The van der Waals surface area contributed by atoms with Crippen LogP contribution in [0.3, 0.4) is 0 Å². The molecule has 0 amide bonds. The lowest BCUT2D eigenvalue weighted by Gasteiger charge is -2.10. The zero-order chi connectivity index (χ0) is 20.9. The fourth-order valence-electron chi connectivity index (χ4n) is 3.23. The third kappa shape index (κ3) is 21.3. The predicted octanol–water partition coefficient (Wildman–Crippen LogP) is 8.56. The SMILES string of the molecule is CCCCCC/C=C\CCCCCCCC(=O)OCCC(C)CCC=C(C)C. The van der Waals surface area contributed by atoms with Crippen LogP contribution < -0.4 is 0 Å². The van der Waals surface area contributed by atoms with E-state index in [0.29, 0.717) is 18.9 Å². The fourth-order valence-corrected chi connectivity index (χ4v) is 3.23. The predicted molar refractivity (Wildman–Crippen MR) is 124 cm³/mol. The van der Waals surface area contributed by atoms with Crippen molar-refractivity contribution in [1.29, 1.82) is 0 Å². The molecule has 0 radical (unpaired) electrons. The molecule has 164 valence electrons. The Morgan fingerprint density at radius 2 is 1.43 bits per heavy atom. The number of carbonyl (C=O) groups excluding carboxylic acids is 1. The molecule has 1 unspecified atom stereocenters. The molecular weight excluding hydrogens is 344 g/mol. The summed E-state index contributed by atoms with van der Waals surface area (Å²) in [5.74, 6) is 0.608. The molecule has 0 bridgehead atoms. The average molecular weight is 393 g/mol. The zero-order valence-corrected chi connectivity index (χ0v) is 19.4. The highest BCUT2D eigenvalue weighted by Crippen LogP contribution is 2.13. The van der Waals surface area contributed by atoms with Crippen LogP contribution in [0, 0.1) is 5.92 Å². The number of carbonyl (C=O) groups is 1. The van der Waals surface area contributed by atoms with E-state index in [1.807, 2.05) is 0 Å². The summed E-state index contributed by atoms with van der Waals surface area (Å²) in [5, 5.41) is 0. The Morgan fingerprint density at radius 1 is 0.821 bits per heavy atom.